The first kappa shape index (κ1) is 16.8. The lowest BCUT2D eigenvalue weighted by Gasteiger charge is -2.09. The van der Waals surface area contributed by atoms with Crippen molar-refractivity contribution in [2.75, 3.05) is 6.61 Å². The third-order valence-electron chi connectivity index (χ3n) is 3.99. The molecule has 0 N–H and O–H groups in total. The maximum Gasteiger partial charge on any atom is 0.348 e. The second kappa shape index (κ2) is 7.70. The summed E-state index contributed by atoms with van der Waals surface area (Å²) < 4.78 is 7.32. The summed E-state index contributed by atoms with van der Waals surface area (Å²) in [5.74, 6) is 0.853. The first-order chi connectivity index (χ1) is 12.1. The van der Waals surface area contributed by atoms with Crippen LogP contribution >= 0.6 is 0 Å². The van der Waals surface area contributed by atoms with Crippen LogP contribution in [0.15, 0.2) is 53.8 Å². The van der Waals surface area contributed by atoms with E-state index in [1.54, 1.807) is 35.4 Å². The minimum absolute atomic E-state index is 0.297. The molecule has 0 unspecified atom stereocenters. The van der Waals surface area contributed by atoms with E-state index in [0.717, 1.165) is 12.2 Å². The number of benzene rings is 1. The van der Waals surface area contributed by atoms with Gasteiger partial charge >= 0.3 is 5.69 Å². The largest absolute Gasteiger partial charge is 0.494 e. The van der Waals surface area contributed by atoms with Crippen LogP contribution in [0.3, 0.4) is 0 Å². The first-order valence-corrected chi connectivity index (χ1v) is 8.17. The van der Waals surface area contributed by atoms with Gasteiger partial charge in [0.25, 0.3) is 0 Å². The Hall–Kier alpha value is -3.02. The Labute approximate surface area is 146 Å². The maximum atomic E-state index is 12.1. The monoisotopic (exact) mass is 336 g/mol. The fraction of sp³-hybridized carbons (Fsp3) is 0.263. The molecule has 128 valence electrons. The van der Waals surface area contributed by atoms with Crippen LogP contribution in [0.1, 0.15) is 17.5 Å². The van der Waals surface area contributed by atoms with Crippen LogP contribution in [-0.4, -0.2) is 26.1 Å². The molecule has 6 nitrogen and oxygen atoms in total. The number of hydrogen-bond donors (Lipinski definition) is 0. The summed E-state index contributed by atoms with van der Waals surface area (Å²) in [4.78, 5) is 24.3. The lowest BCUT2D eigenvalue weighted by Crippen LogP contribution is -2.23. The highest BCUT2D eigenvalue weighted by atomic mass is 16.5. The fourth-order valence-corrected chi connectivity index (χ4v) is 2.40. The van der Waals surface area contributed by atoms with Gasteiger partial charge in [-0.05, 0) is 49.6 Å². The van der Waals surface area contributed by atoms with Crippen LogP contribution in [-0.2, 0) is 6.54 Å². The summed E-state index contributed by atoms with van der Waals surface area (Å²) >= 11 is 0. The molecule has 0 saturated heterocycles. The molecule has 0 aliphatic heterocycles. The van der Waals surface area contributed by atoms with Crippen LogP contribution < -0.4 is 10.4 Å². The number of aryl methyl sites for hydroxylation is 3. The average Bonchev–Trinajstić information content (AvgIpc) is 2.63. The predicted molar refractivity (Wildman–Crippen MR) is 95.6 cm³/mol. The second-order valence-corrected chi connectivity index (χ2v) is 5.83. The fourth-order valence-electron chi connectivity index (χ4n) is 2.40. The van der Waals surface area contributed by atoms with E-state index in [1.165, 1.54) is 11.1 Å². The van der Waals surface area contributed by atoms with Crippen molar-refractivity contribution in [3.63, 3.8) is 0 Å². The molecule has 6 heteroatoms. The molecule has 25 heavy (non-hydrogen) atoms. The molecule has 0 bridgehead atoms. The SMILES string of the molecule is Cc1ccc(OCCCn2ccc(-c3cnccn3)nc2=O)cc1C. The van der Waals surface area contributed by atoms with Gasteiger partial charge in [-0.2, -0.15) is 4.98 Å². The van der Waals surface area contributed by atoms with Gasteiger partial charge in [0, 0.05) is 25.1 Å². The van der Waals surface area contributed by atoms with E-state index in [4.69, 9.17) is 4.74 Å². The maximum absolute atomic E-state index is 12.1. The van der Waals surface area contributed by atoms with Crippen LogP contribution in [0.4, 0.5) is 0 Å². The Morgan fingerprint density at radius 2 is 1.96 bits per heavy atom. The minimum Gasteiger partial charge on any atom is -0.494 e. The summed E-state index contributed by atoms with van der Waals surface area (Å²) in [7, 11) is 0. The molecule has 0 fully saturated rings. The van der Waals surface area contributed by atoms with Crippen molar-refractivity contribution in [1.82, 2.24) is 19.5 Å². The van der Waals surface area contributed by atoms with Crippen molar-refractivity contribution in [1.29, 1.82) is 0 Å². The molecule has 0 radical (unpaired) electrons. The summed E-state index contributed by atoms with van der Waals surface area (Å²) in [6.07, 6.45) is 7.20. The van der Waals surface area contributed by atoms with Crippen LogP contribution in [0, 0.1) is 13.8 Å². The molecule has 0 spiro atoms. The Bertz CT molecular complexity index is 907. The lowest BCUT2D eigenvalue weighted by molar-refractivity contribution is 0.300. The topological polar surface area (TPSA) is 69.9 Å². The van der Waals surface area contributed by atoms with Gasteiger partial charge in [0.1, 0.15) is 11.4 Å². The number of rotatable bonds is 6. The summed E-state index contributed by atoms with van der Waals surface area (Å²) in [5, 5.41) is 0. The van der Waals surface area contributed by atoms with E-state index in [9.17, 15) is 4.79 Å². The molecule has 3 aromatic rings. The van der Waals surface area contributed by atoms with Gasteiger partial charge in [0.15, 0.2) is 0 Å². The van der Waals surface area contributed by atoms with Crippen LogP contribution in [0.5, 0.6) is 5.75 Å². The summed E-state index contributed by atoms with van der Waals surface area (Å²) in [5.41, 5.74) is 3.27. The number of nitrogens with zero attached hydrogens (tertiary/aromatic N) is 4. The van der Waals surface area contributed by atoms with Crippen molar-refractivity contribution in [2.45, 2.75) is 26.8 Å². The number of aromatic nitrogens is 4. The average molecular weight is 336 g/mol. The van der Waals surface area contributed by atoms with Gasteiger partial charge in [-0.3, -0.25) is 14.5 Å². The Kier molecular flexibility index (Phi) is 5.18. The van der Waals surface area contributed by atoms with E-state index in [-0.39, 0.29) is 5.69 Å². The Morgan fingerprint density at radius 3 is 2.68 bits per heavy atom. The molecule has 0 aliphatic carbocycles. The van der Waals surface area contributed by atoms with E-state index in [2.05, 4.69) is 28.8 Å². The van der Waals surface area contributed by atoms with Crippen molar-refractivity contribution in [3.8, 4) is 17.1 Å². The van der Waals surface area contributed by atoms with Gasteiger partial charge in [-0.1, -0.05) is 6.07 Å². The molecule has 3 rings (SSSR count). The molecule has 0 saturated carbocycles. The zero-order valence-corrected chi connectivity index (χ0v) is 14.3. The minimum atomic E-state index is -0.297. The van der Waals surface area contributed by atoms with Crippen LogP contribution in [0.2, 0.25) is 0 Å². The standard InChI is InChI=1S/C19H20N4O2/c1-14-4-5-16(12-15(14)2)25-11-3-9-23-10-6-17(22-19(23)24)18-13-20-7-8-21-18/h4-8,10,12-13H,3,9,11H2,1-2H3. The zero-order chi connectivity index (χ0) is 17.6. The molecular formula is C19H20N4O2. The van der Waals surface area contributed by atoms with Gasteiger partial charge in [-0.15, -0.1) is 0 Å². The molecule has 2 heterocycles. The molecule has 2 aromatic heterocycles. The second-order valence-electron chi connectivity index (χ2n) is 5.83. The van der Waals surface area contributed by atoms with Gasteiger partial charge in [0.05, 0.1) is 18.5 Å². The first-order valence-electron chi connectivity index (χ1n) is 8.17. The molecule has 0 atom stereocenters. The molecular weight excluding hydrogens is 316 g/mol. The van der Waals surface area contributed by atoms with Crippen LogP contribution in [0.25, 0.3) is 11.4 Å². The van der Waals surface area contributed by atoms with Crippen molar-refractivity contribution >= 4 is 0 Å². The number of hydrogen-bond acceptors (Lipinski definition) is 5. The third kappa shape index (κ3) is 4.29. The smallest absolute Gasteiger partial charge is 0.348 e. The van der Waals surface area contributed by atoms with Gasteiger partial charge in [-0.25, -0.2) is 4.79 Å². The Morgan fingerprint density at radius 1 is 1.08 bits per heavy atom. The van der Waals surface area contributed by atoms with Crippen molar-refractivity contribution in [2.24, 2.45) is 0 Å². The highest BCUT2D eigenvalue weighted by molar-refractivity contribution is 5.50. The highest BCUT2D eigenvalue weighted by Gasteiger charge is 2.04. The van der Waals surface area contributed by atoms with Crippen molar-refractivity contribution < 1.29 is 4.74 Å². The molecule has 0 aliphatic rings. The zero-order valence-electron chi connectivity index (χ0n) is 14.3. The molecule has 0 amide bonds. The van der Waals surface area contributed by atoms with Gasteiger partial charge < -0.3 is 4.74 Å². The molecule has 1 aromatic carbocycles. The van der Waals surface area contributed by atoms with E-state index in [0.29, 0.717) is 24.5 Å². The Balaban J connectivity index is 1.56. The summed E-state index contributed by atoms with van der Waals surface area (Å²) in [6, 6.07) is 7.81. The summed E-state index contributed by atoms with van der Waals surface area (Å²) in [6.45, 7) is 5.23. The van der Waals surface area contributed by atoms with Crippen molar-refractivity contribution in [3.05, 3.63) is 70.7 Å². The highest BCUT2D eigenvalue weighted by Crippen LogP contribution is 2.16. The lowest BCUT2D eigenvalue weighted by atomic mass is 10.1. The van der Waals surface area contributed by atoms with E-state index >= 15 is 0 Å². The normalized spacial score (nSPS) is 10.6. The van der Waals surface area contributed by atoms with E-state index in [1.807, 2.05) is 18.2 Å². The quantitative estimate of drug-likeness (QED) is 0.647. The van der Waals surface area contributed by atoms with Gasteiger partial charge in [0.2, 0.25) is 0 Å². The number of ether oxygens (including phenoxy) is 1. The predicted octanol–water partition coefficient (Wildman–Crippen LogP) is 2.79. The van der Waals surface area contributed by atoms with E-state index < -0.39 is 0 Å². The third-order valence-corrected chi connectivity index (χ3v) is 3.99.